The molecule has 1 aliphatic rings. The van der Waals surface area contributed by atoms with Crippen LogP contribution in [0.3, 0.4) is 0 Å². The maximum absolute atomic E-state index is 5.85. The van der Waals surface area contributed by atoms with Crippen LogP contribution in [0.1, 0.15) is 12.0 Å². The van der Waals surface area contributed by atoms with Gasteiger partial charge in [0.1, 0.15) is 11.7 Å². The molecule has 1 aromatic carbocycles. The van der Waals surface area contributed by atoms with Crippen molar-refractivity contribution in [2.75, 3.05) is 27.3 Å². The van der Waals surface area contributed by atoms with Crippen molar-refractivity contribution in [1.82, 2.24) is 0 Å². The number of quaternary nitrogens is 1. The van der Waals surface area contributed by atoms with Gasteiger partial charge in [-0.3, -0.25) is 0 Å². The Morgan fingerprint density at radius 1 is 1.29 bits per heavy atom. The van der Waals surface area contributed by atoms with Gasteiger partial charge in [0, 0.05) is 20.6 Å². The van der Waals surface area contributed by atoms with Crippen molar-refractivity contribution in [2.45, 2.75) is 18.1 Å². The highest BCUT2D eigenvalue weighted by Crippen LogP contribution is 2.34. The molecule has 1 N–H and O–H groups in total. The minimum absolute atomic E-state index is 0.0520. The van der Waals surface area contributed by atoms with Crippen LogP contribution in [0.2, 0.25) is 0 Å². The first kappa shape index (κ1) is 12.6. The van der Waals surface area contributed by atoms with E-state index in [4.69, 9.17) is 9.47 Å². The monoisotopic (exact) mass is 235 g/mol. The molecule has 1 saturated heterocycles. The van der Waals surface area contributed by atoms with Crippen LogP contribution in [0, 0.1) is 7.05 Å². The third-order valence-electron chi connectivity index (χ3n) is 3.76. The summed E-state index contributed by atoms with van der Waals surface area (Å²) in [5, 5.41) is 0. The van der Waals surface area contributed by atoms with E-state index in [-0.39, 0.29) is 11.7 Å². The van der Waals surface area contributed by atoms with Crippen molar-refractivity contribution in [2.24, 2.45) is 0 Å². The van der Waals surface area contributed by atoms with Crippen molar-refractivity contribution in [3.63, 3.8) is 0 Å². The van der Waals surface area contributed by atoms with Gasteiger partial charge in [0.25, 0.3) is 0 Å². The van der Waals surface area contributed by atoms with Crippen molar-refractivity contribution >= 4 is 0 Å². The SMILES string of the molecule is [CH2-][NH+]1CCC(OC)(c2ccccc2)C(OC)C1. The number of methoxy groups -OCH3 is 2. The zero-order chi connectivity index (χ0) is 12.3. The summed E-state index contributed by atoms with van der Waals surface area (Å²) in [6.45, 7) is 1.88. The number of hydrogen-bond acceptors (Lipinski definition) is 2. The second-order valence-corrected chi connectivity index (χ2v) is 4.64. The standard InChI is InChI=1S/C14H21NO2/c1-15-10-9-14(17-3,13(11-15)16-2)12-7-5-4-6-8-12/h4-8,13,15H,1,9-11H2,2-3H3. The Morgan fingerprint density at radius 2 is 2.00 bits per heavy atom. The van der Waals surface area contributed by atoms with Crippen LogP contribution in [0.5, 0.6) is 0 Å². The molecule has 3 heteroatoms. The lowest BCUT2D eigenvalue weighted by atomic mass is 9.82. The van der Waals surface area contributed by atoms with Crippen molar-refractivity contribution in [3.8, 4) is 0 Å². The van der Waals surface area contributed by atoms with E-state index in [9.17, 15) is 0 Å². The summed E-state index contributed by atoms with van der Waals surface area (Å²) < 4.78 is 11.5. The number of benzene rings is 1. The van der Waals surface area contributed by atoms with E-state index >= 15 is 0 Å². The zero-order valence-corrected chi connectivity index (χ0v) is 10.6. The molecule has 3 atom stereocenters. The van der Waals surface area contributed by atoms with E-state index in [0.29, 0.717) is 0 Å². The topological polar surface area (TPSA) is 22.9 Å². The van der Waals surface area contributed by atoms with Gasteiger partial charge < -0.3 is 14.4 Å². The fourth-order valence-electron chi connectivity index (χ4n) is 2.73. The quantitative estimate of drug-likeness (QED) is 0.776. The second kappa shape index (κ2) is 5.17. The number of piperidine rings is 1. The molecule has 1 heterocycles. The minimum Gasteiger partial charge on any atom is -0.465 e. The van der Waals surface area contributed by atoms with Gasteiger partial charge in [-0.05, 0) is 5.56 Å². The summed E-state index contributed by atoms with van der Waals surface area (Å²) in [5.41, 5.74) is 0.874. The molecule has 0 spiro atoms. The summed E-state index contributed by atoms with van der Waals surface area (Å²) in [4.78, 5) is 1.25. The summed E-state index contributed by atoms with van der Waals surface area (Å²) >= 11 is 0. The fourth-order valence-corrected chi connectivity index (χ4v) is 2.73. The van der Waals surface area contributed by atoms with Gasteiger partial charge in [0.2, 0.25) is 0 Å². The average molecular weight is 235 g/mol. The Kier molecular flexibility index (Phi) is 3.82. The van der Waals surface area contributed by atoms with Gasteiger partial charge in [-0.1, -0.05) is 30.3 Å². The number of rotatable bonds is 3. The molecule has 1 aromatic rings. The molecule has 0 bridgehead atoms. The molecule has 1 fully saturated rings. The lowest BCUT2D eigenvalue weighted by molar-refractivity contribution is -0.867. The fraction of sp³-hybridized carbons (Fsp3) is 0.500. The van der Waals surface area contributed by atoms with Crippen molar-refractivity contribution in [3.05, 3.63) is 42.9 Å². The molecule has 3 nitrogen and oxygen atoms in total. The minimum atomic E-state index is -0.322. The van der Waals surface area contributed by atoms with Gasteiger partial charge >= 0.3 is 0 Å². The first-order valence-electron chi connectivity index (χ1n) is 6.03. The third-order valence-corrected chi connectivity index (χ3v) is 3.76. The Hall–Kier alpha value is -0.900. The van der Waals surface area contributed by atoms with E-state index in [1.165, 1.54) is 10.5 Å². The Labute approximate surface area is 103 Å². The molecule has 17 heavy (non-hydrogen) atoms. The van der Waals surface area contributed by atoms with Crippen molar-refractivity contribution in [1.29, 1.82) is 0 Å². The molecule has 3 unspecified atom stereocenters. The van der Waals surface area contributed by atoms with Gasteiger partial charge in [-0.2, -0.15) is 7.05 Å². The Morgan fingerprint density at radius 3 is 2.59 bits per heavy atom. The van der Waals surface area contributed by atoms with E-state index in [1.54, 1.807) is 14.2 Å². The smallest absolute Gasteiger partial charge is 0.137 e. The lowest BCUT2D eigenvalue weighted by Gasteiger charge is -2.45. The predicted molar refractivity (Wildman–Crippen MR) is 66.6 cm³/mol. The molecule has 0 saturated carbocycles. The van der Waals surface area contributed by atoms with E-state index in [1.807, 2.05) is 18.2 Å². The van der Waals surface area contributed by atoms with Crippen LogP contribution in [-0.2, 0) is 15.1 Å². The van der Waals surface area contributed by atoms with Gasteiger partial charge in [-0.25, -0.2) is 0 Å². The maximum Gasteiger partial charge on any atom is 0.137 e. The van der Waals surface area contributed by atoms with E-state index in [2.05, 4.69) is 19.2 Å². The molecular weight excluding hydrogens is 214 g/mol. The normalized spacial score (nSPS) is 33.6. The number of ether oxygens (including phenoxy) is 2. The highest BCUT2D eigenvalue weighted by atomic mass is 16.5. The average Bonchev–Trinajstić information content (AvgIpc) is 2.40. The zero-order valence-electron chi connectivity index (χ0n) is 10.6. The first-order chi connectivity index (χ1) is 8.23. The first-order valence-corrected chi connectivity index (χ1v) is 6.03. The Balaban J connectivity index is 2.35. The number of likely N-dealkylation sites (tertiary alicyclic amines) is 1. The Bertz CT molecular complexity index is 354. The summed E-state index contributed by atoms with van der Waals surface area (Å²) in [7, 11) is 7.59. The molecule has 2 rings (SSSR count). The number of hydrogen-bond donors (Lipinski definition) is 1. The largest absolute Gasteiger partial charge is 0.465 e. The highest BCUT2D eigenvalue weighted by molar-refractivity contribution is 5.25. The molecular formula is C14H21NO2. The van der Waals surface area contributed by atoms with Crippen LogP contribution >= 0.6 is 0 Å². The van der Waals surface area contributed by atoms with E-state index < -0.39 is 0 Å². The molecule has 0 amide bonds. The third kappa shape index (κ3) is 2.23. The molecule has 0 radical (unpaired) electrons. The second-order valence-electron chi connectivity index (χ2n) is 4.64. The molecule has 94 valence electrons. The van der Waals surface area contributed by atoms with Crippen LogP contribution in [0.15, 0.2) is 30.3 Å². The summed E-state index contributed by atoms with van der Waals surface area (Å²) in [5.74, 6) is 0. The maximum atomic E-state index is 5.85. The highest BCUT2D eigenvalue weighted by Gasteiger charge is 2.45. The molecule has 0 aliphatic carbocycles. The van der Waals surface area contributed by atoms with Gasteiger partial charge in [0.15, 0.2) is 0 Å². The van der Waals surface area contributed by atoms with Crippen molar-refractivity contribution < 1.29 is 14.4 Å². The van der Waals surface area contributed by atoms with Crippen LogP contribution < -0.4 is 4.90 Å². The van der Waals surface area contributed by atoms with Crippen LogP contribution in [-0.4, -0.2) is 33.4 Å². The van der Waals surface area contributed by atoms with E-state index in [0.717, 1.165) is 19.5 Å². The summed E-state index contributed by atoms with van der Waals surface area (Å²) in [6.07, 6.45) is 0.987. The van der Waals surface area contributed by atoms with Crippen LogP contribution in [0.25, 0.3) is 0 Å². The number of nitrogens with one attached hydrogen (secondary N) is 1. The summed E-state index contributed by atoms with van der Waals surface area (Å²) in [6, 6.07) is 10.3. The van der Waals surface area contributed by atoms with Crippen LogP contribution in [0.4, 0.5) is 0 Å². The van der Waals surface area contributed by atoms with Gasteiger partial charge in [-0.15, -0.1) is 0 Å². The van der Waals surface area contributed by atoms with Gasteiger partial charge in [0.05, 0.1) is 13.1 Å². The molecule has 1 aliphatic heterocycles. The lowest BCUT2D eigenvalue weighted by Crippen LogP contribution is -3.10. The molecule has 0 aromatic heterocycles. The predicted octanol–water partition coefficient (Wildman–Crippen LogP) is 0.623.